The number of methoxy groups -OCH3 is 1. The number of carboxylic acid groups (broad SMARTS) is 1. The molecule has 1 aliphatic heterocycles. The Morgan fingerprint density at radius 1 is 1.50 bits per heavy atom. The number of likely N-dealkylation sites (tertiary alicyclic amines) is 1. The van der Waals surface area contributed by atoms with Crippen LogP contribution in [-0.4, -0.2) is 42.8 Å². The lowest BCUT2D eigenvalue weighted by Gasteiger charge is -2.31. The molecular formula is C13H19NO3S. The van der Waals surface area contributed by atoms with Gasteiger partial charge < -0.3 is 9.84 Å². The third-order valence-corrected chi connectivity index (χ3v) is 4.42. The third kappa shape index (κ3) is 3.54. The van der Waals surface area contributed by atoms with E-state index < -0.39 is 5.97 Å². The number of hydrogen-bond donors (Lipinski definition) is 1. The smallest absolute Gasteiger partial charge is 0.345 e. The standard InChI is InChI=1S/C13H19NO3S/c1-17-9-10-4-6-14(7-5-10)8-11-2-3-12(18-11)13(15)16/h2-3,10H,4-9H2,1H3,(H,15,16). The summed E-state index contributed by atoms with van der Waals surface area (Å²) in [4.78, 5) is 14.8. The maximum Gasteiger partial charge on any atom is 0.345 e. The monoisotopic (exact) mass is 269 g/mol. The molecule has 5 heteroatoms. The highest BCUT2D eigenvalue weighted by Crippen LogP contribution is 2.22. The van der Waals surface area contributed by atoms with Crippen LogP contribution in [0.3, 0.4) is 0 Å². The Bertz CT molecular complexity index is 397. The van der Waals surface area contributed by atoms with Crippen LogP contribution in [0.5, 0.6) is 0 Å². The molecule has 1 aromatic rings. The zero-order chi connectivity index (χ0) is 13.0. The van der Waals surface area contributed by atoms with Crippen molar-refractivity contribution in [1.29, 1.82) is 0 Å². The molecule has 1 N–H and O–H groups in total. The molecule has 0 amide bonds. The van der Waals surface area contributed by atoms with Gasteiger partial charge in [-0.05, 0) is 44.0 Å². The lowest BCUT2D eigenvalue weighted by Crippen LogP contribution is -2.34. The Morgan fingerprint density at radius 2 is 2.22 bits per heavy atom. The van der Waals surface area contributed by atoms with Gasteiger partial charge in [0.2, 0.25) is 0 Å². The Morgan fingerprint density at radius 3 is 2.78 bits per heavy atom. The summed E-state index contributed by atoms with van der Waals surface area (Å²) in [5.74, 6) is -0.144. The minimum atomic E-state index is -0.829. The number of ether oxygens (including phenoxy) is 1. The van der Waals surface area contributed by atoms with Gasteiger partial charge in [0.15, 0.2) is 0 Å². The number of thiophene rings is 1. The predicted octanol–water partition coefficient (Wildman–Crippen LogP) is 2.30. The van der Waals surface area contributed by atoms with E-state index in [1.807, 2.05) is 6.07 Å². The molecule has 0 aromatic carbocycles. The summed E-state index contributed by atoms with van der Waals surface area (Å²) in [6.07, 6.45) is 2.34. The number of piperidine rings is 1. The van der Waals surface area contributed by atoms with E-state index in [2.05, 4.69) is 4.90 Å². The second-order valence-corrected chi connectivity index (χ2v) is 5.91. The number of nitrogens with zero attached hydrogens (tertiary/aromatic N) is 1. The molecule has 2 rings (SSSR count). The zero-order valence-corrected chi connectivity index (χ0v) is 11.4. The average molecular weight is 269 g/mol. The third-order valence-electron chi connectivity index (χ3n) is 3.36. The van der Waals surface area contributed by atoms with Crippen molar-refractivity contribution in [1.82, 2.24) is 4.90 Å². The lowest BCUT2D eigenvalue weighted by molar-refractivity contribution is 0.0702. The number of carboxylic acids is 1. The summed E-state index contributed by atoms with van der Waals surface area (Å²) < 4.78 is 5.18. The fourth-order valence-electron chi connectivity index (χ4n) is 2.35. The lowest BCUT2D eigenvalue weighted by atomic mass is 9.98. The molecule has 0 saturated carbocycles. The van der Waals surface area contributed by atoms with Crippen LogP contribution in [-0.2, 0) is 11.3 Å². The molecular weight excluding hydrogens is 250 g/mol. The number of carbonyl (C=O) groups is 1. The fourth-order valence-corrected chi connectivity index (χ4v) is 3.23. The first-order valence-electron chi connectivity index (χ1n) is 6.22. The summed E-state index contributed by atoms with van der Waals surface area (Å²) >= 11 is 1.38. The van der Waals surface area contributed by atoms with Gasteiger partial charge in [0.1, 0.15) is 4.88 Å². The van der Waals surface area contributed by atoms with E-state index in [4.69, 9.17) is 9.84 Å². The first-order chi connectivity index (χ1) is 8.69. The van der Waals surface area contributed by atoms with Crippen molar-refractivity contribution >= 4 is 17.3 Å². The maximum atomic E-state index is 10.8. The van der Waals surface area contributed by atoms with Crippen LogP contribution < -0.4 is 0 Å². The molecule has 100 valence electrons. The van der Waals surface area contributed by atoms with Gasteiger partial charge in [-0.2, -0.15) is 0 Å². The van der Waals surface area contributed by atoms with Gasteiger partial charge in [0.05, 0.1) is 0 Å². The summed E-state index contributed by atoms with van der Waals surface area (Å²) in [5, 5.41) is 8.88. The molecule has 0 atom stereocenters. The normalized spacial score (nSPS) is 18.1. The van der Waals surface area contributed by atoms with E-state index in [9.17, 15) is 4.79 Å². The van der Waals surface area contributed by atoms with Crippen molar-refractivity contribution in [2.45, 2.75) is 19.4 Å². The van der Waals surface area contributed by atoms with Gasteiger partial charge in [-0.1, -0.05) is 0 Å². The molecule has 1 aliphatic rings. The number of rotatable bonds is 5. The largest absolute Gasteiger partial charge is 0.477 e. The van der Waals surface area contributed by atoms with Gasteiger partial charge in [0.25, 0.3) is 0 Å². The Labute approximate surface area is 111 Å². The van der Waals surface area contributed by atoms with E-state index in [1.165, 1.54) is 24.2 Å². The van der Waals surface area contributed by atoms with Crippen LogP contribution in [0.25, 0.3) is 0 Å². The van der Waals surface area contributed by atoms with E-state index >= 15 is 0 Å². The first kappa shape index (κ1) is 13.5. The second kappa shape index (κ2) is 6.31. The zero-order valence-electron chi connectivity index (χ0n) is 10.6. The van der Waals surface area contributed by atoms with Gasteiger partial charge >= 0.3 is 5.97 Å². The van der Waals surface area contributed by atoms with Crippen molar-refractivity contribution in [2.75, 3.05) is 26.8 Å². The topological polar surface area (TPSA) is 49.8 Å². The highest BCUT2D eigenvalue weighted by molar-refractivity contribution is 7.13. The minimum absolute atomic E-state index is 0.430. The van der Waals surface area contributed by atoms with Crippen LogP contribution in [0.15, 0.2) is 12.1 Å². The molecule has 0 aliphatic carbocycles. The predicted molar refractivity (Wildman–Crippen MR) is 71.2 cm³/mol. The number of aromatic carboxylic acids is 1. The van der Waals surface area contributed by atoms with Crippen LogP contribution in [0.1, 0.15) is 27.4 Å². The average Bonchev–Trinajstić information content (AvgIpc) is 2.81. The fraction of sp³-hybridized carbons (Fsp3) is 0.615. The maximum absolute atomic E-state index is 10.8. The Balaban J connectivity index is 1.82. The molecule has 0 unspecified atom stereocenters. The Kier molecular flexibility index (Phi) is 4.74. The summed E-state index contributed by atoms with van der Waals surface area (Å²) in [5.41, 5.74) is 0. The van der Waals surface area contributed by atoms with Crippen LogP contribution in [0.4, 0.5) is 0 Å². The van der Waals surface area contributed by atoms with E-state index in [0.717, 1.165) is 31.1 Å². The van der Waals surface area contributed by atoms with E-state index in [0.29, 0.717) is 10.8 Å². The van der Waals surface area contributed by atoms with Crippen LogP contribution in [0.2, 0.25) is 0 Å². The summed E-state index contributed by atoms with van der Waals surface area (Å²) in [6, 6.07) is 3.62. The van der Waals surface area contributed by atoms with Crippen LogP contribution in [0, 0.1) is 5.92 Å². The summed E-state index contributed by atoms with van der Waals surface area (Å²) in [6.45, 7) is 3.89. The van der Waals surface area contributed by atoms with Gasteiger partial charge in [-0.25, -0.2) is 4.79 Å². The van der Waals surface area contributed by atoms with E-state index in [-0.39, 0.29) is 0 Å². The molecule has 1 saturated heterocycles. The molecule has 18 heavy (non-hydrogen) atoms. The molecule has 1 aromatic heterocycles. The van der Waals surface area contributed by atoms with Crippen molar-refractivity contribution in [2.24, 2.45) is 5.92 Å². The molecule has 0 radical (unpaired) electrons. The highest BCUT2D eigenvalue weighted by Gasteiger charge is 2.19. The molecule has 0 spiro atoms. The van der Waals surface area contributed by atoms with E-state index in [1.54, 1.807) is 13.2 Å². The number of hydrogen-bond acceptors (Lipinski definition) is 4. The minimum Gasteiger partial charge on any atom is -0.477 e. The van der Waals surface area contributed by atoms with Crippen molar-refractivity contribution in [3.63, 3.8) is 0 Å². The molecule has 1 fully saturated rings. The second-order valence-electron chi connectivity index (χ2n) is 4.75. The van der Waals surface area contributed by atoms with Gasteiger partial charge in [-0.15, -0.1) is 11.3 Å². The molecule has 0 bridgehead atoms. The van der Waals surface area contributed by atoms with Crippen molar-refractivity contribution in [3.05, 3.63) is 21.9 Å². The first-order valence-corrected chi connectivity index (χ1v) is 7.04. The quantitative estimate of drug-likeness (QED) is 0.891. The Hall–Kier alpha value is -0.910. The highest BCUT2D eigenvalue weighted by atomic mass is 32.1. The summed E-state index contributed by atoms with van der Waals surface area (Å²) in [7, 11) is 1.76. The SMILES string of the molecule is COCC1CCN(Cc2ccc(C(=O)O)s2)CC1. The molecule has 4 nitrogen and oxygen atoms in total. The van der Waals surface area contributed by atoms with Gasteiger partial charge in [-0.3, -0.25) is 4.90 Å². The van der Waals surface area contributed by atoms with Gasteiger partial charge in [0, 0.05) is 25.1 Å². The molecule has 2 heterocycles. The van der Waals surface area contributed by atoms with Crippen molar-refractivity contribution in [3.8, 4) is 0 Å². The van der Waals surface area contributed by atoms with Crippen LogP contribution >= 0.6 is 11.3 Å². The van der Waals surface area contributed by atoms with Crippen molar-refractivity contribution < 1.29 is 14.6 Å².